The molecule has 0 spiro atoms. The number of ether oxygens (including phenoxy) is 3. The maximum atomic E-state index is 14.4. The van der Waals surface area contributed by atoms with Crippen molar-refractivity contribution in [1.29, 1.82) is 0 Å². The molecule has 244 valence electrons. The van der Waals surface area contributed by atoms with Crippen LogP contribution in [0.4, 0.5) is 36.8 Å². The number of benzene rings is 1. The number of aromatic nitrogens is 1. The van der Waals surface area contributed by atoms with Crippen LogP contribution in [-0.4, -0.2) is 65.2 Å². The highest BCUT2D eigenvalue weighted by atomic mass is 79.9. The minimum absolute atomic E-state index is 0.0626. The van der Waals surface area contributed by atoms with Crippen LogP contribution >= 0.6 is 15.9 Å². The van der Waals surface area contributed by atoms with E-state index in [1.807, 2.05) is 5.32 Å². The van der Waals surface area contributed by atoms with Crippen LogP contribution in [0, 0.1) is 0 Å². The number of alkyl halides is 6. The number of halogens is 7. The predicted octanol–water partition coefficient (Wildman–Crippen LogP) is 4.89. The smallest absolute Gasteiger partial charge is 0.429 e. The normalized spacial score (nSPS) is 13.5. The molecule has 0 aliphatic rings. The summed E-state index contributed by atoms with van der Waals surface area (Å²) in [6.45, 7) is 1.46. The van der Waals surface area contributed by atoms with E-state index in [1.165, 1.54) is 45.0 Å². The molecule has 0 bridgehead atoms. The van der Waals surface area contributed by atoms with E-state index in [1.54, 1.807) is 16.9 Å². The quantitative estimate of drug-likeness (QED) is 0.112. The van der Waals surface area contributed by atoms with Gasteiger partial charge in [-0.2, -0.15) is 26.3 Å². The summed E-state index contributed by atoms with van der Waals surface area (Å²) in [5.41, 5.74) is -4.51. The summed E-state index contributed by atoms with van der Waals surface area (Å²) in [5, 5.41) is 10.9. The van der Waals surface area contributed by atoms with Gasteiger partial charge in [0.1, 0.15) is 10.2 Å². The summed E-state index contributed by atoms with van der Waals surface area (Å²) in [7, 11) is 0. The number of pyridine rings is 1. The lowest BCUT2D eigenvalue weighted by Crippen LogP contribution is -2.64. The van der Waals surface area contributed by atoms with E-state index in [4.69, 9.17) is 19.3 Å². The van der Waals surface area contributed by atoms with Crippen molar-refractivity contribution in [2.75, 3.05) is 25.1 Å². The molecule has 2 rings (SSSR count). The van der Waals surface area contributed by atoms with Crippen LogP contribution in [-0.2, 0) is 31.8 Å². The highest BCUT2D eigenvalue weighted by Gasteiger charge is 2.62. The first kappa shape index (κ1) is 36.7. The summed E-state index contributed by atoms with van der Waals surface area (Å²) in [6.07, 6.45) is -11.8. The Balaban J connectivity index is 2.41. The Morgan fingerprint density at radius 3 is 2.18 bits per heavy atom. The molecule has 44 heavy (non-hydrogen) atoms. The van der Waals surface area contributed by atoms with Gasteiger partial charge in [0.2, 0.25) is 0 Å². The molecule has 0 aliphatic heterocycles. The first-order valence-electron chi connectivity index (χ1n) is 12.6. The van der Waals surface area contributed by atoms with Gasteiger partial charge in [-0.15, -0.1) is 0 Å². The second-order valence-corrected chi connectivity index (χ2v) is 10.7. The summed E-state index contributed by atoms with van der Waals surface area (Å²) in [5.74, 6) is -3.47. The monoisotopic (exact) mass is 702 g/mol. The van der Waals surface area contributed by atoms with Gasteiger partial charge in [0.15, 0.2) is 5.69 Å². The van der Waals surface area contributed by atoms with Gasteiger partial charge in [0, 0.05) is 13.2 Å². The second-order valence-electron chi connectivity index (χ2n) is 9.98. The molecule has 4 N–H and O–H groups in total. The van der Waals surface area contributed by atoms with E-state index in [0.717, 1.165) is 0 Å². The van der Waals surface area contributed by atoms with Crippen molar-refractivity contribution in [3.63, 3.8) is 0 Å². The first-order chi connectivity index (χ1) is 20.3. The number of amides is 3. The average Bonchev–Trinajstić information content (AvgIpc) is 2.90. The highest BCUT2D eigenvalue weighted by molar-refractivity contribution is 9.10. The largest absolute Gasteiger partial charge is 0.444 e. The number of hydrazine groups is 1. The maximum absolute atomic E-state index is 14.4. The lowest BCUT2D eigenvalue weighted by Gasteiger charge is -2.34. The van der Waals surface area contributed by atoms with Crippen LogP contribution in [0.5, 0.6) is 0 Å². The number of hydrogen-bond acceptors (Lipinski definition) is 8. The van der Waals surface area contributed by atoms with Gasteiger partial charge in [-0.1, -0.05) is 30.3 Å². The molecule has 1 aromatic heterocycles. The van der Waals surface area contributed by atoms with E-state index in [9.17, 15) is 40.7 Å². The van der Waals surface area contributed by atoms with Crippen LogP contribution in [0.1, 0.15) is 48.8 Å². The summed E-state index contributed by atoms with van der Waals surface area (Å²) < 4.78 is 97.9. The molecule has 0 aliphatic carbocycles. The van der Waals surface area contributed by atoms with E-state index in [2.05, 4.69) is 20.9 Å². The number of nitrogens with one attached hydrogen (secondary N) is 3. The molecule has 1 aromatic carbocycles. The summed E-state index contributed by atoms with van der Waals surface area (Å²) in [6, 6.07) is 7.84. The number of anilines is 1. The Morgan fingerprint density at radius 2 is 1.64 bits per heavy atom. The fourth-order valence-corrected chi connectivity index (χ4v) is 3.79. The Morgan fingerprint density at radius 1 is 1.00 bits per heavy atom. The first-order valence-corrected chi connectivity index (χ1v) is 13.4. The summed E-state index contributed by atoms with van der Waals surface area (Å²) in [4.78, 5) is 41.7. The number of aliphatic hydroxyl groups excluding tert-OH is 1. The molecule has 0 radical (unpaired) electrons. The molecule has 11 nitrogen and oxygen atoms in total. The molecule has 3 amide bonds. The number of carbonyl (C=O) groups excluding carboxylic acids is 3. The van der Waals surface area contributed by atoms with Gasteiger partial charge < -0.3 is 19.3 Å². The fraction of sp³-hybridized carbons (Fsp3) is 0.462. The van der Waals surface area contributed by atoms with Crippen molar-refractivity contribution in [3.05, 3.63) is 57.8 Å². The molecule has 2 aromatic rings. The Labute approximate surface area is 255 Å². The van der Waals surface area contributed by atoms with Gasteiger partial charge in [-0.05, 0) is 54.8 Å². The molecule has 0 saturated carbocycles. The van der Waals surface area contributed by atoms with Crippen molar-refractivity contribution in [2.24, 2.45) is 0 Å². The zero-order valence-electron chi connectivity index (χ0n) is 23.5. The van der Waals surface area contributed by atoms with E-state index >= 15 is 0 Å². The third kappa shape index (κ3) is 10.3. The number of nitrogens with zero attached hydrogens (tertiary/aromatic N) is 1. The lowest BCUT2D eigenvalue weighted by molar-refractivity contribution is -0.284. The molecule has 1 heterocycles. The third-order valence-electron chi connectivity index (χ3n) is 5.33. The van der Waals surface area contributed by atoms with Crippen LogP contribution in [0.25, 0.3) is 0 Å². The van der Waals surface area contributed by atoms with E-state index in [-0.39, 0.29) is 18.6 Å². The molecule has 1 unspecified atom stereocenters. The molecule has 0 fully saturated rings. The Kier molecular flexibility index (Phi) is 12.5. The number of rotatable bonds is 11. The number of aliphatic hydroxyl groups is 1. The molecule has 0 saturated heterocycles. The van der Waals surface area contributed by atoms with E-state index in [0.29, 0.717) is 6.07 Å². The maximum Gasteiger partial charge on any atom is 0.429 e. The minimum atomic E-state index is -5.42. The average molecular weight is 703 g/mol. The van der Waals surface area contributed by atoms with Crippen LogP contribution < -0.4 is 16.2 Å². The zero-order valence-corrected chi connectivity index (χ0v) is 25.1. The topological polar surface area (TPSA) is 148 Å². The fourth-order valence-electron chi connectivity index (χ4n) is 3.27. The van der Waals surface area contributed by atoms with Gasteiger partial charge in [0.25, 0.3) is 17.4 Å². The van der Waals surface area contributed by atoms with Crippen LogP contribution in [0.2, 0.25) is 0 Å². The van der Waals surface area contributed by atoms with Gasteiger partial charge in [0.05, 0.1) is 24.5 Å². The second kappa shape index (κ2) is 15.0. The Hall–Kier alpha value is -3.48. The van der Waals surface area contributed by atoms with Crippen LogP contribution in [0.15, 0.2) is 41.0 Å². The molecular weight excluding hydrogens is 674 g/mol. The summed E-state index contributed by atoms with van der Waals surface area (Å²) >= 11 is 2.58. The Bertz CT molecular complexity index is 1310. The highest BCUT2D eigenvalue weighted by Crippen LogP contribution is 2.37. The predicted molar refractivity (Wildman–Crippen MR) is 145 cm³/mol. The molecule has 18 heteroatoms. The molecular formula is C26H29BrF6N4O7. The van der Waals surface area contributed by atoms with Crippen molar-refractivity contribution >= 4 is 39.5 Å². The van der Waals surface area contributed by atoms with Crippen molar-refractivity contribution in [2.45, 2.75) is 57.4 Å². The lowest BCUT2D eigenvalue weighted by atomic mass is 10.0. The minimum Gasteiger partial charge on any atom is -0.444 e. The van der Waals surface area contributed by atoms with Gasteiger partial charge >= 0.3 is 18.4 Å². The SMILES string of the molecule is CC(C)(C)OC(=O)Nc1cc(C(F)(F)F)c(Br)nc1C(=O)NNC(=O)C(COCCCO)(OCc1ccccc1)C(F)(F)F. The van der Waals surface area contributed by atoms with Crippen molar-refractivity contribution in [1.82, 2.24) is 15.8 Å². The van der Waals surface area contributed by atoms with E-state index < -0.39 is 82.8 Å². The third-order valence-corrected chi connectivity index (χ3v) is 5.93. The number of hydrogen-bond donors (Lipinski definition) is 4. The van der Waals surface area contributed by atoms with Crippen molar-refractivity contribution in [3.8, 4) is 0 Å². The molecule has 1 atom stereocenters. The van der Waals surface area contributed by atoms with Gasteiger partial charge in [-0.25, -0.2) is 9.78 Å². The number of carbonyl (C=O) groups is 3. The van der Waals surface area contributed by atoms with Gasteiger partial charge in [-0.3, -0.25) is 25.8 Å². The zero-order chi connectivity index (χ0) is 33.3. The van der Waals surface area contributed by atoms with Crippen LogP contribution in [0.3, 0.4) is 0 Å². The standard InChI is InChI=1S/C26H29BrF6N4O7/c1-23(2,3)44-22(41)34-17-12-16(25(28,29)30)19(27)35-18(17)20(39)36-37-21(40)24(26(31,32)33,14-42-11-7-10-38)43-13-15-8-5-4-6-9-15/h4-6,8-9,12,38H,7,10-11,13-14H2,1-3H3,(H,34,41)(H,36,39)(H,37,40). The van der Waals surface area contributed by atoms with Crippen molar-refractivity contribution < 1.29 is 60.0 Å².